The summed E-state index contributed by atoms with van der Waals surface area (Å²) in [5.41, 5.74) is 6.81. The Morgan fingerprint density at radius 1 is 1.03 bits per heavy atom. The molecule has 0 unspecified atom stereocenters. The highest BCUT2D eigenvalue weighted by atomic mass is 35.5. The second kappa shape index (κ2) is 11.2. The lowest BCUT2D eigenvalue weighted by Gasteiger charge is -2.18. The van der Waals surface area contributed by atoms with Crippen molar-refractivity contribution in [1.82, 2.24) is 0 Å². The maximum Gasteiger partial charge on any atom is 0.338 e. The molecule has 0 amide bonds. The standard InChI is InChI=1S/C28H30N2O3.ClH/c1-5-29-24-16-26-22(14-18(24)3)21(12-13-32-28(31)20-10-8-7-9-11-20)23-15-19(4)25(30-6-2)17-27(23)33-26;/h7-11,14-17,29H,5-6,12-13H2,1-4H3;1H. The van der Waals surface area contributed by atoms with Gasteiger partial charge in [0.1, 0.15) is 11.3 Å². The molecule has 0 saturated heterocycles. The summed E-state index contributed by atoms with van der Waals surface area (Å²) in [4.78, 5) is 17.0. The molecule has 0 radical (unpaired) electrons. The predicted molar refractivity (Wildman–Crippen MR) is 140 cm³/mol. The fraction of sp³-hybridized carbons (Fsp3) is 0.286. The molecule has 2 aliphatic rings. The molecule has 1 N–H and O–H groups in total. The second-order valence-corrected chi connectivity index (χ2v) is 8.14. The third-order valence-electron chi connectivity index (χ3n) is 5.79. The van der Waals surface area contributed by atoms with Crippen molar-refractivity contribution in [3.05, 3.63) is 82.2 Å². The lowest BCUT2D eigenvalue weighted by molar-refractivity contribution is 0.0509. The number of nitrogens with zero attached hydrogens (tertiary/aromatic N) is 1. The molecule has 0 fully saturated rings. The van der Waals surface area contributed by atoms with Gasteiger partial charge in [0, 0.05) is 48.3 Å². The van der Waals surface area contributed by atoms with Crippen LogP contribution in [0.15, 0.2) is 64.0 Å². The van der Waals surface area contributed by atoms with E-state index in [-0.39, 0.29) is 25.0 Å². The monoisotopic (exact) mass is 478 g/mol. The van der Waals surface area contributed by atoms with Gasteiger partial charge in [-0.15, -0.1) is 12.4 Å². The van der Waals surface area contributed by atoms with Crippen LogP contribution in [0.4, 0.5) is 5.69 Å². The zero-order chi connectivity index (χ0) is 23.4. The van der Waals surface area contributed by atoms with Crippen LogP contribution in [0.2, 0.25) is 0 Å². The van der Waals surface area contributed by atoms with E-state index in [1.54, 1.807) is 12.1 Å². The number of anilines is 1. The topological polar surface area (TPSA) is 63.8 Å². The number of hydrogen-bond donors (Lipinski definition) is 1. The molecule has 0 aromatic heterocycles. The van der Waals surface area contributed by atoms with Crippen LogP contribution in [0.3, 0.4) is 0 Å². The summed E-state index contributed by atoms with van der Waals surface area (Å²) in [6.07, 6.45) is 0.589. The number of ether oxygens (including phenoxy) is 1. The van der Waals surface area contributed by atoms with Crippen LogP contribution in [-0.4, -0.2) is 25.7 Å². The molecule has 6 heteroatoms. The Bertz CT molecular complexity index is 1330. The average Bonchev–Trinajstić information content (AvgIpc) is 2.81. The number of aryl methyl sites for hydroxylation is 2. The van der Waals surface area contributed by atoms with E-state index >= 15 is 0 Å². The quantitative estimate of drug-likeness (QED) is 0.249. The maximum absolute atomic E-state index is 12.4. The summed E-state index contributed by atoms with van der Waals surface area (Å²) in [5.74, 6) is 0.478. The Morgan fingerprint density at radius 3 is 2.50 bits per heavy atom. The van der Waals surface area contributed by atoms with Crippen molar-refractivity contribution < 1.29 is 13.9 Å². The average molecular weight is 479 g/mol. The second-order valence-electron chi connectivity index (χ2n) is 8.14. The van der Waals surface area contributed by atoms with E-state index < -0.39 is 0 Å². The van der Waals surface area contributed by atoms with Gasteiger partial charge in [-0.2, -0.15) is 0 Å². The van der Waals surface area contributed by atoms with Crippen molar-refractivity contribution in [3.8, 4) is 11.3 Å². The van der Waals surface area contributed by atoms with Gasteiger partial charge in [-0.25, -0.2) is 4.79 Å². The van der Waals surface area contributed by atoms with Gasteiger partial charge in [-0.05, 0) is 68.7 Å². The number of rotatable bonds is 7. The van der Waals surface area contributed by atoms with Gasteiger partial charge < -0.3 is 14.5 Å². The van der Waals surface area contributed by atoms with Crippen LogP contribution in [-0.2, 0) is 11.2 Å². The molecular weight excluding hydrogens is 448 g/mol. The number of carbonyl (C=O) groups is 1. The summed E-state index contributed by atoms with van der Waals surface area (Å²) in [6.45, 7) is 10.1. The zero-order valence-electron chi connectivity index (χ0n) is 20.1. The van der Waals surface area contributed by atoms with E-state index in [0.29, 0.717) is 18.5 Å². The zero-order valence-corrected chi connectivity index (χ0v) is 20.9. The molecule has 4 rings (SSSR count). The summed E-state index contributed by atoms with van der Waals surface area (Å²) >= 11 is 0. The van der Waals surface area contributed by atoms with Gasteiger partial charge >= 0.3 is 5.97 Å². The van der Waals surface area contributed by atoms with Gasteiger partial charge in [0.15, 0.2) is 0 Å². The number of carbonyl (C=O) groups excluding carboxylic acids is 1. The minimum Gasteiger partial charge on any atom is -0.462 e. The van der Waals surface area contributed by atoms with Crippen molar-refractivity contribution in [2.75, 3.05) is 25.0 Å². The van der Waals surface area contributed by atoms with Crippen LogP contribution in [0.25, 0.3) is 22.3 Å². The molecule has 2 aromatic carbocycles. The van der Waals surface area contributed by atoms with Crippen molar-refractivity contribution >= 4 is 35.0 Å². The van der Waals surface area contributed by atoms with Gasteiger partial charge in [0.05, 0.1) is 17.5 Å². The first-order valence-corrected chi connectivity index (χ1v) is 11.5. The van der Waals surface area contributed by atoms with Crippen molar-refractivity contribution in [2.45, 2.75) is 34.1 Å². The van der Waals surface area contributed by atoms with Crippen LogP contribution in [0.1, 0.15) is 40.9 Å². The smallest absolute Gasteiger partial charge is 0.338 e. The number of fused-ring (bicyclic) bond motifs is 2. The maximum atomic E-state index is 12.4. The molecule has 178 valence electrons. The molecule has 2 aromatic rings. The highest BCUT2D eigenvalue weighted by Crippen LogP contribution is 2.36. The molecule has 34 heavy (non-hydrogen) atoms. The minimum atomic E-state index is -0.310. The third kappa shape index (κ3) is 5.26. The Morgan fingerprint density at radius 2 is 1.79 bits per heavy atom. The van der Waals surface area contributed by atoms with E-state index in [9.17, 15) is 4.79 Å². The first kappa shape index (κ1) is 25.3. The molecule has 0 spiro atoms. The van der Waals surface area contributed by atoms with Crippen LogP contribution < -0.4 is 10.7 Å². The van der Waals surface area contributed by atoms with Gasteiger partial charge in [-0.3, -0.25) is 4.99 Å². The summed E-state index contributed by atoms with van der Waals surface area (Å²) in [6, 6.07) is 17.5. The lowest BCUT2D eigenvalue weighted by Crippen LogP contribution is -2.12. The first-order valence-electron chi connectivity index (χ1n) is 11.5. The van der Waals surface area contributed by atoms with Crippen molar-refractivity contribution in [1.29, 1.82) is 0 Å². The van der Waals surface area contributed by atoms with Crippen molar-refractivity contribution in [3.63, 3.8) is 0 Å². The van der Waals surface area contributed by atoms with Crippen LogP contribution in [0.5, 0.6) is 0 Å². The fourth-order valence-electron chi connectivity index (χ4n) is 4.16. The molecule has 1 heterocycles. The number of halogens is 1. The van der Waals surface area contributed by atoms with Gasteiger partial charge in [-0.1, -0.05) is 18.2 Å². The number of nitrogens with one attached hydrogen (secondary N) is 1. The minimum absolute atomic E-state index is 0. The first-order chi connectivity index (χ1) is 16.0. The molecule has 5 nitrogen and oxygen atoms in total. The normalized spacial score (nSPS) is 11.5. The number of esters is 1. The Balaban J connectivity index is 0.00000324. The van der Waals surface area contributed by atoms with E-state index in [1.807, 2.05) is 31.2 Å². The van der Waals surface area contributed by atoms with Gasteiger partial charge in [0.25, 0.3) is 0 Å². The Labute approximate surface area is 206 Å². The molecular formula is C28H31ClN2O3. The van der Waals surface area contributed by atoms with E-state index in [1.165, 1.54) is 0 Å². The molecule has 0 bridgehead atoms. The fourth-order valence-corrected chi connectivity index (χ4v) is 4.16. The molecule has 0 saturated carbocycles. The number of benzene rings is 3. The van der Waals surface area contributed by atoms with Gasteiger partial charge in [0.2, 0.25) is 0 Å². The van der Waals surface area contributed by atoms with E-state index in [2.05, 4.69) is 49.3 Å². The highest BCUT2D eigenvalue weighted by molar-refractivity contribution is 5.92. The third-order valence-corrected chi connectivity index (χ3v) is 5.79. The SMILES string of the molecule is CCN=c1cc2oc3cc(NCC)c(C)cc3c(CCOC(=O)c3ccccc3)c-2cc1C.Cl. The van der Waals surface area contributed by atoms with Crippen molar-refractivity contribution in [2.24, 2.45) is 4.99 Å². The van der Waals surface area contributed by atoms with Crippen LogP contribution in [0, 0.1) is 13.8 Å². The summed E-state index contributed by atoms with van der Waals surface area (Å²) in [5, 5.41) is 5.38. The Kier molecular flexibility index (Phi) is 8.35. The lowest BCUT2D eigenvalue weighted by atomic mass is 9.94. The van der Waals surface area contributed by atoms with E-state index in [0.717, 1.165) is 56.6 Å². The predicted octanol–water partition coefficient (Wildman–Crippen LogP) is 6.33. The van der Waals surface area contributed by atoms with E-state index in [4.69, 9.17) is 9.15 Å². The molecule has 0 atom stereocenters. The molecule has 1 aliphatic heterocycles. The Hall–Kier alpha value is -3.31. The summed E-state index contributed by atoms with van der Waals surface area (Å²) < 4.78 is 12.0. The largest absolute Gasteiger partial charge is 0.462 e. The van der Waals surface area contributed by atoms with Crippen LogP contribution >= 0.6 is 12.4 Å². The molecule has 1 aliphatic carbocycles. The summed E-state index contributed by atoms with van der Waals surface area (Å²) in [7, 11) is 0. The number of hydrogen-bond acceptors (Lipinski definition) is 5. The highest BCUT2D eigenvalue weighted by Gasteiger charge is 2.18.